The fraction of sp³-hybridized carbons (Fsp3) is 0.385. The van der Waals surface area contributed by atoms with E-state index in [1.165, 1.54) is 5.56 Å². The highest BCUT2D eigenvalue weighted by Crippen LogP contribution is 2.31. The molecule has 0 aliphatic carbocycles. The fourth-order valence-corrected chi connectivity index (χ4v) is 2.12. The largest absolute Gasteiger partial charge is 0.489 e. The Bertz CT molecular complexity index is 510. The molecule has 0 amide bonds. The summed E-state index contributed by atoms with van der Waals surface area (Å²) in [6.45, 7) is 2.55. The van der Waals surface area contributed by atoms with Gasteiger partial charge in [0.2, 0.25) is 0 Å². The minimum atomic E-state index is 0.767. The Morgan fingerprint density at radius 1 is 1.39 bits per heavy atom. The van der Waals surface area contributed by atoms with Gasteiger partial charge in [0.25, 0.3) is 0 Å². The summed E-state index contributed by atoms with van der Waals surface area (Å²) in [4.78, 5) is 4.33. The third-order valence-electron chi connectivity index (χ3n) is 3.02. The third-order valence-corrected chi connectivity index (χ3v) is 3.02. The van der Waals surface area contributed by atoms with Crippen molar-refractivity contribution in [2.24, 2.45) is 0 Å². The highest BCUT2D eigenvalue weighted by molar-refractivity contribution is 5.55. The van der Waals surface area contributed by atoms with Crippen LogP contribution in [0.25, 0.3) is 0 Å². The van der Waals surface area contributed by atoms with Gasteiger partial charge in [0.15, 0.2) is 11.6 Å². The lowest BCUT2D eigenvalue weighted by atomic mass is 10.2. The van der Waals surface area contributed by atoms with Gasteiger partial charge in [-0.05, 0) is 18.6 Å². The van der Waals surface area contributed by atoms with E-state index >= 15 is 0 Å². The van der Waals surface area contributed by atoms with Crippen molar-refractivity contribution in [2.75, 3.05) is 18.5 Å². The molecule has 0 saturated heterocycles. The smallest absolute Gasteiger partial charge is 0.169 e. The summed E-state index contributed by atoms with van der Waals surface area (Å²) in [5.74, 6) is 1.79. The van der Waals surface area contributed by atoms with E-state index in [0.717, 1.165) is 44.1 Å². The number of aryl methyl sites for hydroxylation is 1. The highest BCUT2D eigenvalue weighted by atomic mass is 16.5. The summed E-state index contributed by atoms with van der Waals surface area (Å²) in [6, 6.07) is 3.96. The second-order valence-electron chi connectivity index (χ2n) is 4.30. The van der Waals surface area contributed by atoms with Crippen molar-refractivity contribution in [1.29, 1.82) is 0 Å². The van der Waals surface area contributed by atoms with E-state index in [2.05, 4.69) is 15.4 Å². The van der Waals surface area contributed by atoms with Gasteiger partial charge in [0, 0.05) is 43.7 Å². The average Bonchev–Trinajstić information content (AvgIpc) is 3.05. The van der Waals surface area contributed by atoms with Gasteiger partial charge >= 0.3 is 0 Å². The summed E-state index contributed by atoms with van der Waals surface area (Å²) in [7, 11) is 0. The van der Waals surface area contributed by atoms with Crippen molar-refractivity contribution in [2.45, 2.75) is 19.4 Å². The quantitative estimate of drug-likeness (QED) is 0.814. The van der Waals surface area contributed by atoms with Gasteiger partial charge in [0.05, 0.1) is 6.61 Å². The maximum Gasteiger partial charge on any atom is 0.169 e. The standard InChI is InChI=1S/C13H16N4O/c1(8-17-9-2-6-16-17)5-14-13-12-11(3-7-15-13)4-10-18-12/h2-3,6-7,9H,1,4-5,8,10H2,(H,14,15). The van der Waals surface area contributed by atoms with Crippen LogP contribution in [0.2, 0.25) is 0 Å². The number of nitrogens with one attached hydrogen (secondary N) is 1. The molecule has 3 heterocycles. The van der Waals surface area contributed by atoms with Gasteiger partial charge in [-0.1, -0.05) is 0 Å². The normalized spacial score (nSPS) is 13.1. The van der Waals surface area contributed by atoms with Crippen molar-refractivity contribution >= 4 is 5.82 Å². The van der Waals surface area contributed by atoms with Gasteiger partial charge in [-0.2, -0.15) is 5.10 Å². The maximum absolute atomic E-state index is 5.59. The molecular weight excluding hydrogens is 228 g/mol. The van der Waals surface area contributed by atoms with E-state index in [9.17, 15) is 0 Å². The molecule has 1 N–H and O–H groups in total. The van der Waals surface area contributed by atoms with Crippen LogP contribution in [0.3, 0.4) is 0 Å². The van der Waals surface area contributed by atoms with Gasteiger partial charge in [-0.15, -0.1) is 0 Å². The van der Waals surface area contributed by atoms with Crippen LogP contribution in [0, 0.1) is 0 Å². The molecule has 0 fully saturated rings. The number of hydrogen-bond donors (Lipinski definition) is 1. The molecule has 5 nitrogen and oxygen atoms in total. The van der Waals surface area contributed by atoms with E-state index in [1.807, 2.05) is 29.2 Å². The number of nitrogens with zero attached hydrogens (tertiary/aromatic N) is 3. The van der Waals surface area contributed by atoms with Crippen LogP contribution in [0.4, 0.5) is 5.82 Å². The first-order valence-corrected chi connectivity index (χ1v) is 6.25. The minimum Gasteiger partial charge on any atom is -0.489 e. The van der Waals surface area contributed by atoms with Gasteiger partial charge in [-0.25, -0.2) is 4.98 Å². The van der Waals surface area contributed by atoms with E-state index < -0.39 is 0 Å². The van der Waals surface area contributed by atoms with Crippen LogP contribution in [-0.4, -0.2) is 27.9 Å². The number of aromatic nitrogens is 3. The zero-order chi connectivity index (χ0) is 12.2. The topological polar surface area (TPSA) is 52.0 Å². The van der Waals surface area contributed by atoms with E-state index in [4.69, 9.17) is 4.74 Å². The predicted molar refractivity (Wildman–Crippen MR) is 68.8 cm³/mol. The maximum atomic E-state index is 5.59. The SMILES string of the molecule is c1cnn(CCCNc2nccc3c2OCC3)c1. The third kappa shape index (κ3) is 2.30. The first kappa shape index (κ1) is 11.1. The molecule has 3 rings (SSSR count). The Balaban J connectivity index is 1.53. The molecule has 0 spiro atoms. The summed E-state index contributed by atoms with van der Waals surface area (Å²) in [6.07, 6.45) is 7.60. The molecule has 0 radical (unpaired) electrons. The Labute approximate surface area is 106 Å². The predicted octanol–water partition coefficient (Wildman–Crippen LogP) is 1.72. The second-order valence-corrected chi connectivity index (χ2v) is 4.30. The van der Waals surface area contributed by atoms with Crippen molar-refractivity contribution in [3.8, 4) is 5.75 Å². The molecule has 2 aromatic heterocycles. The van der Waals surface area contributed by atoms with Crippen molar-refractivity contribution in [3.05, 3.63) is 36.3 Å². The first-order valence-electron chi connectivity index (χ1n) is 6.25. The lowest BCUT2D eigenvalue weighted by Gasteiger charge is -2.09. The monoisotopic (exact) mass is 244 g/mol. The molecule has 0 bridgehead atoms. The van der Waals surface area contributed by atoms with Crippen LogP contribution in [0.1, 0.15) is 12.0 Å². The van der Waals surface area contributed by atoms with Crippen LogP contribution >= 0.6 is 0 Å². The van der Waals surface area contributed by atoms with Crippen molar-refractivity contribution in [1.82, 2.24) is 14.8 Å². The number of pyridine rings is 1. The lowest BCUT2D eigenvalue weighted by molar-refractivity contribution is 0.357. The zero-order valence-electron chi connectivity index (χ0n) is 10.2. The van der Waals surface area contributed by atoms with Crippen LogP contribution in [-0.2, 0) is 13.0 Å². The second kappa shape index (κ2) is 5.08. The van der Waals surface area contributed by atoms with E-state index in [-0.39, 0.29) is 0 Å². The molecule has 94 valence electrons. The van der Waals surface area contributed by atoms with Crippen LogP contribution in [0.5, 0.6) is 5.75 Å². The lowest BCUT2D eigenvalue weighted by Crippen LogP contribution is -2.08. The number of ether oxygens (including phenoxy) is 1. The Morgan fingerprint density at radius 3 is 3.28 bits per heavy atom. The minimum absolute atomic E-state index is 0.767. The van der Waals surface area contributed by atoms with Gasteiger partial charge < -0.3 is 10.1 Å². The molecule has 1 aliphatic rings. The first-order chi connectivity index (χ1) is 8.93. The molecule has 0 atom stereocenters. The number of fused-ring (bicyclic) bond motifs is 1. The van der Waals surface area contributed by atoms with Gasteiger partial charge in [-0.3, -0.25) is 4.68 Å². The Hall–Kier alpha value is -2.04. The average molecular weight is 244 g/mol. The zero-order valence-corrected chi connectivity index (χ0v) is 10.2. The number of rotatable bonds is 5. The molecule has 18 heavy (non-hydrogen) atoms. The number of anilines is 1. The molecule has 0 saturated carbocycles. The number of hydrogen-bond acceptors (Lipinski definition) is 4. The molecule has 2 aromatic rings. The van der Waals surface area contributed by atoms with Gasteiger partial charge in [0.1, 0.15) is 0 Å². The molecule has 5 heteroatoms. The summed E-state index contributed by atoms with van der Waals surface area (Å²) in [5.41, 5.74) is 1.25. The fourth-order valence-electron chi connectivity index (χ4n) is 2.12. The molecule has 0 aromatic carbocycles. The van der Waals surface area contributed by atoms with Crippen LogP contribution < -0.4 is 10.1 Å². The summed E-state index contributed by atoms with van der Waals surface area (Å²) >= 11 is 0. The van der Waals surface area contributed by atoms with E-state index in [0.29, 0.717) is 0 Å². The Kier molecular flexibility index (Phi) is 3.12. The van der Waals surface area contributed by atoms with Crippen LogP contribution in [0.15, 0.2) is 30.7 Å². The summed E-state index contributed by atoms with van der Waals surface area (Å²) in [5, 5.41) is 7.50. The van der Waals surface area contributed by atoms with Crippen molar-refractivity contribution in [3.63, 3.8) is 0 Å². The molecule has 1 aliphatic heterocycles. The molecular formula is C13H16N4O. The molecule has 0 unspecified atom stereocenters. The van der Waals surface area contributed by atoms with Crippen molar-refractivity contribution < 1.29 is 4.74 Å². The highest BCUT2D eigenvalue weighted by Gasteiger charge is 2.16. The van der Waals surface area contributed by atoms with E-state index in [1.54, 1.807) is 6.20 Å². The Morgan fingerprint density at radius 2 is 2.39 bits per heavy atom. The summed E-state index contributed by atoms with van der Waals surface area (Å²) < 4.78 is 7.52.